The first kappa shape index (κ1) is 15.2. The van der Waals surface area contributed by atoms with Gasteiger partial charge in [-0.2, -0.15) is 0 Å². The standard InChI is InChI=1S/C17H29N/c1-13(2)10-15(4)12-17(18)9-8-16-7-5-6-14(3)11-16/h5-7,11,13,15,17H,8-10,12,18H2,1-4H3. The molecule has 1 rings (SSSR count). The zero-order valence-electron chi connectivity index (χ0n) is 12.4. The van der Waals surface area contributed by atoms with Crippen LogP contribution < -0.4 is 5.73 Å². The normalized spacial score (nSPS) is 14.8. The van der Waals surface area contributed by atoms with Gasteiger partial charge >= 0.3 is 0 Å². The molecule has 0 heterocycles. The highest BCUT2D eigenvalue weighted by Gasteiger charge is 2.10. The zero-order valence-corrected chi connectivity index (χ0v) is 12.4. The minimum absolute atomic E-state index is 0.347. The lowest BCUT2D eigenvalue weighted by molar-refractivity contribution is 0.376. The minimum atomic E-state index is 0.347. The van der Waals surface area contributed by atoms with E-state index in [-0.39, 0.29) is 0 Å². The molecule has 2 unspecified atom stereocenters. The summed E-state index contributed by atoms with van der Waals surface area (Å²) in [6, 6.07) is 9.10. The van der Waals surface area contributed by atoms with Gasteiger partial charge in [0.05, 0.1) is 0 Å². The lowest BCUT2D eigenvalue weighted by Gasteiger charge is -2.19. The van der Waals surface area contributed by atoms with E-state index in [1.54, 1.807) is 0 Å². The van der Waals surface area contributed by atoms with Gasteiger partial charge in [-0.1, -0.05) is 50.6 Å². The Hall–Kier alpha value is -0.820. The summed E-state index contributed by atoms with van der Waals surface area (Å²) in [5.41, 5.74) is 9.00. The molecule has 0 amide bonds. The predicted molar refractivity (Wildman–Crippen MR) is 80.7 cm³/mol. The Labute approximate surface area is 113 Å². The fourth-order valence-corrected chi connectivity index (χ4v) is 2.76. The fraction of sp³-hybridized carbons (Fsp3) is 0.647. The maximum atomic E-state index is 6.24. The van der Waals surface area contributed by atoms with Crippen LogP contribution in [0.3, 0.4) is 0 Å². The number of rotatable bonds is 7. The number of nitrogens with two attached hydrogens (primary N) is 1. The van der Waals surface area contributed by atoms with Crippen LogP contribution in [0.15, 0.2) is 24.3 Å². The van der Waals surface area contributed by atoms with Gasteiger partial charge in [0.25, 0.3) is 0 Å². The third-order valence-corrected chi connectivity index (χ3v) is 3.47. The van der Waals surface area contributed by atoms with Crippen molar-refractivity contribution >= 4 is 0 Å². The summed E-state index contributed by atoms with van der Waals surface area (Å²) in [4.78, 5) is 0. The SMILES string of the molecule is Cc1cccc(CCC(N)CC(C)CC(C)C)c1. The molecular weight excluding hydrogens is 218 g/mol. The molecule has 2 N–H and O–H groups in total. The van der Waals surface area contributed by atoms with E-state index in [0.717, 1.165) is 31.1 Å². The summed E-state index contributed by atoms with van der Waals surface area (Å²) in [6.07, 6.45) is 4.66. The van der Waals surface area contributed by atoms with Crippen LogP contribution in [0.25, 0.3) is 0 Å². The van der Waals surface area contributed by atoms with Gasteiger partial charge in [0.15, 0.2) is 0 Å². The summed E-state index contributed by atoms with van der Waals surface area (Å²) in [5, 5.41) is 0. The average molecular weight is 247 g/mol. The van der Waals surface area contributed by atoms with Crippen molar-refractivity contribution in [2.24, 2.45) is 17.6 Å². The monoisotopic (exact) mass is 247 g/mol. The first-order valence-corrected chi connectivity index (χ1v) is 7.28. The van der Waals surface area contributed by atoms with E-state index in [9.17, 15) is 0 Å². The van der Waals surface area contributed by atoms with E-state index in [1.165, 1.54) is 17.5 Å². The topological polar surface area (TPSA) is 26.0 Å². The van der Waals surface area contributed by atoms with Crippen LogP contribution >= 0.6 is 0 Å². The molecule has 18 heavy (non-hydrogen) atoms. The highest BCUT2D eigenvalue weighted by atomic mass is 14.6. The van der Waals surface area contributed by atoms with Gasteiger partial charge in [-0.3, -0.25) is 0 Å². The number of hydrogen-bond donors (Lipinski definition) is 1. The van der Waals surface area contributed by atoms with Crippen molar-refractivity contribution in [1.29, 1.82) is 0 Å². The number of aryl methyl sites for hydroxylation is 2. The predicted octanol–water partition coefficient (Wildman–Crippen LogP) is 4.33. The molecule has 0 fully saturated rings. The third-order valence-electron chi connectivity index (χ3n) is 3.47. The van der Waals surface area contributed by atoms with Crippen LogP contribution in [0.2, 0.25) is 0 Å². The van der Waals surface area contributed by atoms with Crippen molar-refractivity contribution in [3.05, 3.63) is 35.4 Å². The molecule has 0 aliphatic heterocycles. The quantitative estimate of drug-likeness (QED) is 0.762. The van der Waals surface area contributed by atoms with Gasteiger partial charge < -0.3 is 5.73 Å². The lowest BCUT2D eigenvalue weighted by Crippen LogP contribution is -2.24. The molecule has 102 valence electrons. The second kappa shape index (κ2) is 7.58. The zero-order chi connectivity index (χ0) is 13.5. The molecule has 1 heteroatoms. The van der Waals surface area contributed by atoms with Gasteiger partial charge in [-0.15, -0.1) is 0 Å². The van der Waals surface area contributed by atoms with Crippen molar-refractivity contribution < 1.29 is 0 Å². The molecule has 0 aliphatic rings. The van der Waals surface area contributed by atoms with Crippen molar-refractivity contribution in [2.45, 2.75) is 59.4 Å². The number of hydrogen-bond acceptors (Lipinski definition) is 1. The summed E-state index contributed by atoms with van der Waals surface area (Å²) in [6.45, 7) is 9.05. The smallest absolute Gasteiger partial charge is 0.00445 e. The maximum absolute atomic E-state index is 6.24. The molecule has 0 spiro atoms. The highest BCUT2D eigenvalue weighted by molar-refractivity contribution is 5.22. The van der Waals surface area contributed by atoms with E-state index >= 15 is 0 Å². The molecule has 1 nitrogen and oxygen atoms in total. The van der Waals surface area contributed by atoms with Crippen molar-refractivity contribution in [2.75, 3.05) is 0 Å². The van der Waals surface area contributed by atoms with Gasteiger partial charge in [-0.25, -0.2) is 0 Å². The molecule has 0 aromatic heterocycles. The molecule has 1 aromatic rings. The Morgan fingerprint density at radius 1 is 1.11 bits per heavy atom. The molecule has 0 bridgehead atoms. The van der Waals surface area contributed by atoms with E-state index in [2.05, 4.69) is 52.0 Å². The summed E-state index contributed by atoms with van der Waals surface area (Å²) < 4.78 is 0. The van der Waals surface area contributed by atoms with Gasteiger partial charge in [0.2, 0.25) is 0 Å². The van der Waals surface area contributed by atoms with E-state index in [1.807, 2.05) is 0 Å². The largest absolute Gasteiger partial charge is 0.328 e. The fourth-order valence-electron chi connectivity index (χ4n) is 2.76. The van der Waals surface area contributed by atoms with E-state index in [0.29, 0.717) is 6.04 Å². The Kier molecular flexibility index (Phi) is 6.42. The maximum Gasteiger partial charge on any atom is 0.00445 e. The summed E-state index contributed by atoms with van der Waals surface area (Å²) in [5.74, 6) is 1.53. The van der Waals surface area contributed by atoms with Crippen LogP contribution in [-0.2, 0) is 6.42 Å². The van der Waals surface area contributed by atoms with Crippen molar-refractivity contribution in [1.82, 2.24) is 0 Å². The van der Waals surface area contributed by atoms with Crippen LogP contribution in [0, 0.1) is 18.8 Å². The first-order chi connectivity index (χ1) is 8.47. The first-order valence-electron chi connectivity index (χ1n) is 7.28. The van der Waals surface area contributed by atoms with Gasteiger partial charge in [0, 0.05) is 6.04 Å². The minimum Gasteiger partial charge on any atom is -0.328 e. The second-order valence-electron chi connectivity index (χ2n) is 6.26. The Morgan fingerprint density at radius 3 is 2.44 bits per heavy atom. The van der Waals surface area contributed by atoms with Gasteiger partial charge in [-0.05, 0) is 50.0 Å². The highest BCUT2D eigenvalue weighted by Crippen LogP contribution is 2.18. The second-order valence-corrected chi connectivity index (χ2v) is 6.26. The Balaban J connectivity index is 2.30. The van der Waals surface area contributed by atoms with E-state index < -0.39 is 0 Å². The van der Waals surface area contributed by atoms with Crippen LogP contribution in [0.4, 0.5) is 0 Å². The van der Waals surface area contributed by atoms with Crippen LogP contribution in [0.5, 0.6) is 0 Å². The molecule has 0 saturated carbocycles. The molecule has 0 radical (unpaired) electrons. The van der Waals surface area contributed by atoms with E-state index in [4.69, 9.17) is 5.73 Å². The number of benzene rings is 1. The Bertz CT molecular complexity index is 343. The Morgan fingerprint density at radius 2 is 1.83 bits per heavy atom. The summed E-state index contributed by atoms with van der Waals surface area (Å²) >= 11 is 0. The molecular formula is C17H29N. The van der Waals surface area contributed by atoms with Crippen molar-refractivity contribution in [3.8, 4) is 0 Å². The molecule has 0 saturated heterocycles. The van der Waals surface area contributed by atoms with Crippen molar-refractivity contribution in [3.63, 3.8) is 0 Å². The van der Waals surface area contributed by atoms with Crippen LogP contribution in [0.1, 0.15) is 51.2 Å². The molecule has 1 aromatic carbocycles. The average Bonchev–Trinajstić information content (AvgIpc) is 2.25. The molecule has 2 atom stereocenters. The van der Waals surface area contributed by atoms with Gasteiger partial charge in [0.1, 0.15) is 0 Å². The third kappa shape index (κ3) is 6.20. The summed E-state index contributed by atoms with van der Waals surface area (Å²) in [7, 11) is 0. The lowest BCUT2D eigenvalue weighted by atomic mass is 9.91. The van der Waals surface area contributed by atoms with Crippen LogP contribution in [-0.4, -0.2) is 6.04 Å². The molecule has 0 aliphatic carbocycles.